The molecule has 248 valence electrons. The maximum atomic E-state index is 14.5. The van der Waals surface area contributed by atoms with Crippen LogP contribution in [-0.2, 0) is 0 Å². The van der Waals surface area contributed by atoms with Crippen molar-refractivity contribution in [3.8, 4) is 10.0 Å². The average molecular weight is 831 g/mol. The molecule has 0 radical (unpaired) electrons. The predicted molar refractivity (Wildman–Crippen MR) is 186 cm³/mol. The molecule has 0 amide bonds. The predicted octanol–water partition coefficient (Wildman–Crippen LogP) is 9.21. The van der Waals surface area contributed by atoms with Gasteiger partial charge in [0.2, 0.25) is 0 Å². The summed E-state index contributed by atoms with van der Waals surface area (Å²) in [6.07, 6.45) is 10.4. The Bertz CT molecular complexity index is 1480. The van der Waals surface area contributed by atoms with E-state index >= 15 is 0 Å². The van der Waals surface area contributed by atoms with Crippen LogP contribution in [0.25, 0.3) is 10.0 Å². The summed E-state index contributed by atoms with van der Waals surface area (Å²) in [5.74, 6) is -1.62. The Hall–Kier alpha value is -1.38. The molecule has 2 aliphatic carbocycles. The molecule has 4 aromatic rings. The van der Waals surface area contributed by atoms with Gasteiger partial charge in [-0.3, -0.25) is 0 Å². The number of benzene rings is 2. The van der Waals surface area contributed by atoms with Gasteiger partial charge in [-0.2, -0.15) is 0 Å². The van der Waals surface area contributed by atoms with E-state index in [9.17, 15) is 17.6 Å². The minimum absolute atomic E-state index is 0.0437. The standard InChI is InChI=1S/C18H20F2Se.C14H19BF2O2.C4H3BrSe/c1-2-12-5-7-13(8-6-12)14-9-10-15(18(20)17(14)19)16-4-3-11-21-16;1-2-9-3-5-10(6-4-9)11-7-8-12(15(18)19)14(17)13(11)16;5-4-2-1-3-6-4/h3-4,9-13H,2,5-8H2,1H3;7-10,18-19H,2-6H2,1H3;1-3H. The first-order valence-corrected chi connectivity index (χ1v) is 20.7. The molecule has 2 nitrogen and oxygen atoms in total. The molecule has 0 saturated heterocycles. The van der Waals surface area contributed by atoms with Gasteiger partial charge in [-0.25, -0.2) is 8.78 Å². The SMILES string of the molecule is Brc1ccc[se]1.CCC1CCC(c2ccc(-c3ccc[se]3)c(F)c2F)CC1.CCC1CCC(c2ccc(B(O)O)c(F)c2F)CC1. The van der Waals surface area contributed by atoms with Gasteiger partial charge < -0.3 is 10.0 Å². The summed E-state index contributed by atoms with van der Waals surface area (Å²) >= 11 is 4.12. The number of halogens is 5. The summed E-state index contributed by atoms with van der Waals surface area (Å²) in [6, 6.07) is 14.3. The molecule has 2 aromatic heterocycles. The van der Waals surface area contributed by atoms with Crippen molar-refractivity contribution in [2.45, 2.75) is 89.9 Å². The average Bonchev–Trinajstić information content (AvgIpc) is 3.79. The molecular formula is C36H42BBrF4O2Se2. The van der Waals surface area contributed by atoms with Gasteiger partial charge in [0.1, 0.15) is 0 Å². The van der Waals surface area contributed by atoms with Crippen LogP contribution in [0.15, 0.2) is 61.8 Å². The molecule has 2 N–H and O–H groups in total. The van der Waals surface area contributed by atoms with Crippen LogP contribution in [0.4, 0.5) is 17.6 Å². The summed E-state index contributed by atoms with van der Waals surface area (Å²) in [4.78, 5) is 4.21. The van der Waals surface area contributed by atoms with Gasteiger partial charge in [0, 0.05) is 5.46 Å². The number of hydrogen-bond donors (Lipinski definition) is 2. The second-order valence-electron chi connectivity index (χ2n) is 12.2. The zero-order valence-corrected chi connectivity index (χ0v) is 31.3. The first kappa shape index (κ1) is 37.4. The van der Waals surface area contributed by atoms with Crippen LogP contribution < -0.4 is 5.46 Å². The Morgan fingerprint density at radius 3 is 1.57 bits per heavy atom. The minimum Gasteiger partial charge on any atom is -0.423 e. The van der Waals surface area contributed by atoms with Crippen molar-refractivity contribution in [3.05, 3.63) is 96.2 Å². The van der Waals surface area contributed by atoms with Gasteiger partial charge in [0.15, 0.2) is 11.6 Å². The molecular weight excluding hydrogens is 789 g/mol. The minimum atomic E-state index is -1.97. The molecule has 6 rings (SSSR count). The molecule has 2 aromatic carbocycles. The van der Waals surface area contributed by atoms with Gasteiger partial charge in [-0.1, -0.05) is 25.5 Å². The van der Waals surface area contributed by atoms with E-state index in [2.05, 4.69) is 46.9 Å². The zero-order chi connectivity index (χ0) is 33.2. The van der Waals surface area contributed by atoms with Crippen molar-refractivity contribution in [2.75, 3.05) is 0 Å². The van der Waals surface area contributed by atoms with Crippen molar-refractivity contribution >= 4 is 57.5 Å². The van der Waals surface area contributed by atoms with Crippen LogP contribution in [0, 0.1) is 35.1 Å². The van der Waals surface area contributed by atoms with E-state index in [1.165, 1.54) is 21.9 Å². The third-order valence-corrected chi connectivity index (χ3v) is 14.0. The molecule has 10 heteroatoms. The summed E-state index contributed by atoms with van der Waals surface area (Å²) in [6.45, 7) is 4.37. The Balaban J connectivity index is 0.000000177. The van der Waals surface area contributed by atoms with Gasteiger partial charge in [0.25, 0.3) is 0 Å². The fourth-order valence-electron chi connectivity index (χ4n) is 6.62. The molecule has 46 heavy (non-hydrogen) atoms. The Labute approximate surface area is 291 Å². The molecule has 0 atom stereocenters. The van der Waals surface area contributed by atoms with E-state index in [0.29, 0.717) is 37.1 Å². The van der Waals surface area contributed by atoms with Gasteiger partial charge in [0.05, 0.1) is 0 Å². The van der Waals surface area contributed by atoms with E-state index in [1.807, 2.05) is 23.1 Å². The fraction of sp³-hybridized carbons (Fsp3) is 0.444. The van der Waals surface area contributed by atoms with E-state index in [-0.39, 0.29) is 26.3 Å². The van der Waals surface area contributed by atoms with E-state index in [0.717, 1.165) is 68.1 Å². The quantitative estimate of drug-likeness (QED) is 0.150. The van der Waals surface area contributed by atoms with Crippen LogP contribution in [0.3, 0.4) is 0 Å². The first-order valence-electron chi connectivity index (χ1n) is 16.2. The molecule has 2 heterocycles. The number of hydrogen-bond acceptors (Lipinski definition) is 2. The summed E-state index contributed by atoms with van der Waals surface area (Å²) in [7, 11) is -1.97. The van der Waals surface area contributed by atoms with Crippen molar-refractivity contribution in [1.82, 2.24) is 0 Å². The summed E-state index contributed by atoms with van der Waals surface area (Å²) in [5, 5.41) is 17.9. The second-order valence-corrected chi connectivity index (χ2v) is 18.2. The van der Waals surface area contributed by atoms with Gasteiger partial charge >= 0.3 is 189 Å². The maximum absolute atomic E-state index is 14.5. The maximum Gasteiger partial charge on any atom is 0.491 e. The van der Waals surface area contributed by atoms with Crippen LogP contribution in [0.1, 0.15) is 101 Å². The second kappa shape index (κ2) is 18.4. The van der Waals surface area contributed by atoms with Crippen molar-refractivity contribution in [1.29, 1.82) is 0 Å². The summed E-state index contributed by atoms with van der Waals surface area (Å²) < 4.78 is 58.8. The van der Waals surface area contributed by atoms with Crippen molar-refractivity contribution in [3.63, 3.8) is 0 Å². The van der Waals surface area contributed by atoms with E-state index in [4.69, 9.17) is 10.0 Å². The molecule has 0 aliphatic heterocycles. The van der Waals surface area contributed by atoms with Gasteiger partial charge in [-0.05, 0) is 43.1 Å². The van der Waals surface area contributed by atoms with Crippen LogP contribution in [0.2, 0.25) is 0 Å². The fourth-order valence-corrected chi connectivity index (χ4v) is 9.83. The van der Waals surface area contributed by atoms with Crippen LogP contribution in [0.5, 0.6) is 0 Å². The zero-order valence-electron chi connectivity index (χ0n) is 26.3. The molecule has 0 spiro atoms. The normalized spacial score (nSPS) is 21.1. The Kier molecular flexibility index (Phi) is 15.0. The number of rotatable bonds is 6. The topological polar surface area (TPSA) is 40.5 Å². The molecule has 2 aliphatic rings. The van der Waals surface area contributed by atoms with Crippen molar-refractivity contribution < 1.29 is 27.6 Å². The van der Waals surface area contributed by atoms with E-state index < -0.39 is 35.9 Å². The molecule has 2 fully saturated rings. The van der Waals surface area contributed by atoms with E-state index in [1.54, 1.807) is 6.07 Å². The molecule has 0 bridgehead atoms. The monoisotopic (exact) mass is 832 g/mol. The Morgan fingerprint density at radius 2 is 1.15 bits per heavy atom. The molecule has 2 saturated carbocycles. The van der Waals surface area contributed by atoms with Crippen molar-refractivity contribution in [2.24, 2.45) is 11.8 Å². The van der Waals surface area contributed by atoms with Gasteiger partial charge in [-0.15, -0.1) is 0 Å². The smallest absolute Gasteiger partial charge is 0.423 e. The summed E-state index contributed by atoms with van der Waals surface area (Å²) in [5.41, 5.74) is 1.01. The van der Waals surface area contributed by atoms with Crippen LogP contribution >= 0.6 is 15.9 Å². The Morgan fingerprint density at radius 1 is 0.652 bits per heavy atom. The third-order valence-electron chi connectivity index (χ3n) is 9.53. The van der Waals surface area contributed by atoms with Crippen LogP contribution in [-0.4, -0.2) is 46.2 Å². The third kappa shape index (κ3) is 9.84. The largest absolute Gasteiger partial charge is 0.491 e. The first-order chi connectivity index (χ1) is 22.1. The molecule has 0 unspecified atom stereocenters.